The van der Waals surface area contributed by atoms with E-state index in [0.29, 0.717) is 0 Å². The van der Waals surface area contributed by atoms with Crippen LogP contribution in [0.25, 0.3) is 0 Å². The molecular formula is C11H30. The van der Waals surface area contributed by atoms with Gasteiger partial charge in [0, 0.05) is 0 Å². The predicted octanol–water partition coefficient (Wildman–Crippen LogP) is 5.28. The highest BCUT2D eigenvalue weighted by Gasteiger charge is 1.56. The molecule has 0 saturated heterocycles. The van der Waals surface area contributed by atoms with Crippen LogP contribution >= 0.6 is 0 Å². The molecule has 0 fully saturated rings. The molecule has 0 N–H and O–H groups in total. The molecule has 0 amide bonds. The lowest BCUT2D eigenvalue weighted by Crippen LogP contribution is -1.47. The van der Waals surface area contributed by atoms with Gasteiger partial charge in [0.05, 0.1) is 0 Å². The van der Waals surface area contributed by atoms with Crippen LogP contribution in [0, 0.1) is 0 Å². The summed E-state index contributed by atoms with van der Waals surface area (Å²) in [6.07, 6.45) is 3.89. The molecule has 0 aliphatic heterocycles. The summed E-state index contributed by atoms with van der Waals surface area (Å²) >= 11 is 0. The lowest BCUT2D eigenvalue weighted by atomic mass is 10.4. The largest absolute Gasteiger partial charge is 0.0683 e. The van der Waals surface area contributed by atoms with E-state index < -0.39 is 0 Å². The Morgan fingerprint density at radius 2 is 0.636 bits per heavy atom. The van der Waals surface area contributed by atoms with Crippen LogP contribution in [0.3, 0.4) is 0 Å². The van der Waals surface area contributed by atoms with Crippen molar-refractivity contribution in [3.05, 3.63) is 0 Å². The van der Waals surface area contributed by atoms with Gasteiger partial charge in [-0.15, -0.1) is 0 Å². The molecule has 0 aromatic heterocycles. The molecule has 0 heterocycles. The van der Waals surface area contributed by atoms with E-state index in [-0.39, 0.29) is 0 Å². The van der Waals surface area contributed by atoms with Crippen molar-refractivity contribution in [1.29, 1.82) is 0 Å². The fraction of sp³-hybridized carbons (Fsp3) is 1.00. The fourth-order valence-corrected chi connectivity index (χ4v) is 0. The van der Waals surface area contributed by atoms with Crippen molar-refractivity contribution in [1.82, 2.24) is 0 Å². The molecule has 0 aliphatic carbocycles. The van der Waals surface area contributed by atoms with E-state index in [1.165, 1.54) is 19.3 Å². The molecule has 0 nitrogen and oxygen atoms in total. The quantitative estimate of drug-likeness (QED) is 0.492. The maximum absolute atomic E-state index is 2.18. The zero-order chi connectivity index (χ0) is 10.1. The average molecular weight is 162 g/mol. The number of unbranched alkanes of at least 4 members (excludes halogenated alkanes) is 1. The summed E-state index contributed by atoms with van der Waals surface area (Å²) in [5.74, 6) is 0. The first-order valence-electron chi connectivity index (χ1n) is 5.33. The first-order valence-corrected chi connectivity index (χ1v) is 5.33. The zero-order valence-electron chi connectivity index (χ0n) is 10.1. The third kappa shape index (κ3) is 640. The third-order valence-electron chi connectivity index (χ3n) is 0.500. The van der Waals surface area contributed by atoms with Crippen molar-refractivity contribution < 1.29 is 0 Å². The van der Waals surface area contributed by atoms with Gasteiger partial charge >= 0.3 is 0 Å². The molecule has 0 atom stereocenters. The maximum Gasteiger partial charge on any atom is -0.0564 e. The van der Waals surface area contributed by atoms with Crippen LogP contribution in [-0.2, 0) is 0 Å². The minimum atomic E-state index is 1.25. The first kappa shape index (κ1) is 22.4. The van der Waals surface area contributed by atoms with Gasteiger partial charge in [0.2, 0.25) is 0 Å². The number of rotatable bonds is 1. The van der Waals surface area contributed by atoms with Gasteiger partial charge in [-0.2, -0.15) is 0 Å². The molecule has 0 saturated carbocycles. The lowest BCUT2D eigenvalue weighted by molar-refractivity contribution is 0.886. The fourth-order valence-electron chi connectivity index (χ4n) is 0. The van der Waals surface area contributed by atoms with Crippen LogP contribution < -0.4 is 0 Å². The summed E-state index contributed by atoms with van der Waals surface area (Å²) in [6.45, 7) is 16.6. The predicted molar refractivity (Wildman–Crippen MR) is 59.2 cm³/mol. The summed E-state index contributed by atoms with van der Waals surface area (Å²) < 4.78 is 0. The topological polar surface area (TPSA) is 0 Å². The van der Waals surface area contributed by atoms with Crippen LogP contribution in [0.2, 0.25) is 0 Å². The molecule has 0 rings (SSSR count). The van der Waals surface area contributed by atoms with E-state index in [9.17, 15) is 0 Å². The van der Waals surface area contributed by atoms with Crippen molar-refractivity contribution in [2.75, 3.05) is 0 Å². The lowest BCUT2D eigenvalue weighted by Gasteiger charge is -1.68. The second-order valence-corrected chi connectivity index (χ2v) is 1.71. The molecule has 0 heteroatoms. The Morgan fingerprint density at radius 1 is 0.545 bits per heavy atom. The normalized spacial score (nSPS) is 5.45. The molecule has 0 radical (unpaired) electrons. The van der Waals surface area contributed by atoms with Crippen molar-refractivity contribution in [3.8, 4) is 0 Å². The minimum Gasteiger partial charge on any atom is -0.0683 e. The number of hydrogen-bond donors (Lipinski definition) is 0. The first-order chi connectivity index (χ1) is 5.33. The van der Waals surface area contributed by atoms with Gasteiger partial charge in [0.25, 0.3) is 0 Å². The van der Waals surface area contributed by atoms with E-state index in [4.69, 9.17) is 0 Å². The Balaban J connectivity index is -0.0000000315. The SMILES string of the molecule is CC.CC.CCC.CCCC. The number of hydrogen-bond acceptors (Lipinski definition) is 0. The van der Waals surface area contributed by atoms with E-state index in [2.05, 4.69) is 27.7 Å². The Labute approximate surface area is 75.4 Å². The molecule has 11 heavy (non-hydrogen) atoms. The summed E-state index contributed by atoms with van der Waals surface area (Å²) in [5.41, 5.74) is 0. The van der Waals surface area contributed by atoms with Crippen molar-refractivity contribution in [2.24, 2.45) is 0 Å². The molecule has 74 valence electrons. The molecule has 0 aromatic rings. The van der Waals surface area contributed by atoms with E-state index in [0.717, 1.165) is 0 Å². The minimum absolute atomic E-state index is 1.25. The highest BCUT2D eigenvalue weighted by Crippen LogP contribution is 1.76. The van der Waals surface area contributed by atoms with Crippen LogP contribution in [0.1, 0.15) is 74.7 Å². The van der Waals surface area contributed by atoms with Gasteiger partial charge in [-0.1, -0.05) is 74.7 Å². The second-order valence-electron chi connectivity index (χ2n) is 1.71. The van der Waals surface area contributed by atoms with Gasteiger partial charge in [-0.3, -0.25) is 0 Å². The van der Waals surface area contributed by atoms with E-state index >= 15 is 0 Å². The van der Waals surface area contributed by atoms with Gasteiger partial charge in [0.1, 0.15) is 0 Å². The molecule has 0 aromatic carbocycles. The second kappa shape index (κ2) is 90.0. The monoisotopic (exact) mass is 162 g/mol. The summed E-state index contributed by atoms with van der Waals surface area (Å²) in [6, 6.07) is 0. The highest BCUT2D eigenvalue weighted by atomic mass is 13.6. The Hall–Kier alpha value is 0. The molecular weight excluding hydrogens is 132 g/mol. The van der Waals surface area contributed by atoms with Crippen molar-refractivity contribution >= 4 is 0 Å². The average Bonchev–Trinajstić information content (AvgIpc) is 2.12. The Morgan fingerprint density at radius 3 is 0.636 bits per heavy atom. The Kier molecular flexibility index (Phi) is 184. The van der Waals surface area contributed by atoms with Gasteiger partial charge in [-0.25, -0.2) is 0 Å². The smallest absolute Gasteiger partial charge is 0.0564 e. The zero-order valence-corrected chi connectivity index (χ0v) is 10.1. The Bertz CT molecular complexity index is 7.51. The van der Waals surface area contributed by atoms with Crippen LogP contribution in [-0.4, -0.2) is 0 Å². The van der Waals surface area contributed by atoms with Crippen LogP contribution in [0.4, 0.5) is 0 Å². The van der Waals surface area contributed by atoms with E-state index in [1.54, 1.807) is 0 Å². The summed E-state index contributed by atoms with van der Waals surface area (Å²) in [7, 11) is 0. The molecule has 0 spiro atoms. The summed E-state index contributed by atoms with van der Waals surface area (Å²) in [4.78, 5) is 0. The highest BCUT2D eigenvalue weighted by molar-refractivity contribution is 4.12. The van der Waals surface area contributed by atoms with Crippen LogP contribution in [0.15, 0.2) is 0 Å². The molecule has 0 bridgehead atoms. The standard InChI is InChI=1S/C4H10.C3H8.2C2H6/c1-3-4-2;1-3-2;2*1-2/h3-4H2,1-2H3;3H2,1-2H3;2*1-2H3. The van der Waals surface area contributed by atoms with Gasteiger partial charge in [-0.05, 0) is 0 Å². The van der Waals surface area contributed by atoms with Gasteiger partial charge < -0.3 is 0 Å². The maximum atomic E-state index is 2.18. The summed E-state index contributed by atoms with van der Waals surface area (Å²) in [5, 5.41) is 0. The van der Waals surface area contributed by atoms with Crippen molar-refractivity contribution in [3.63, 3.8) is 0 Å². The van der Waals surface area contributed by atoms with E-state index in [1.807, 2.05) is 27.7 Å². The molecule has 0 unspecified atom stereocenters. The van der Waals surface area contributed by atoms with Crippen molar-refractivity contribution in [2.45, 2.75) is 74.7 Å². The third-order valence-corrected chi connectivity index (χ3v) is 0.500. The van der Waals surface area contributed by atoms with Gasteiger partial charge in [0.15, 0.2) is 0 Å². The molecule has 0 aliphatic rings. The van der Waals surface area contributed by atoms with Crippen LogP contribution in [0.5, 0.6) is 0 Å².